The van der Waals surface area contributed by atoms with Gasteiger partial charge in [0.05, 0.1) is 0 Å². The van der Waals surface area contributed by atoms with Crippen molar-refractivity contribution in [3.05, 3.63) is 56.8 Å². The van der Waals surface area contributed by atoms with Gasteiger partial charge in [0.1, 0.15) is 0 Å². The first-order valence-corrected chi connectivity index (χ1v) is 8.82. The SMILES string of the molecule is C=C/C=C1/C2=C(C=C(I)CC2)C(C)(C)/C1=C/CI. The molecule has 0 N–H and O–H groups in total. The number of hydrogen-bond donors (Lipinski definition) is 0. The van der Waals surface area contributed by atoms with E-state index in [2.05, 4.69) is 83.8 Å². The molecule has 0 heterocycles. The predicted octanol–water partition coefficient (Wildman–Crippen LogP) is 5.91. The summed E-state index contributed by atoms with van der Waals surface area (Å²) in [7, 11) is 0. The van der Waals surface area contributed by atoms with Crippen LogP contribution in [0.4, 0.5) is 0 Å². The number of halogens is 2. The van der Waals surface area contributed by atoms with E-state index in [1.165, 1.54) is 38.7 Å². The zero-order chi connectivity index (χ0) is 13.3. The molecule has 2 heteroatoms. The van der Waals surface area contributed by atoms with Gasteiger partial charge in [-0.15, -0.1) is 0 Å². The molecule has 0 aromatic carbocycles. The van der Waals surface area contributed by atoms with E-state index in [9.17, 15) is 0 Å². The van der Waals surface area contributed by atoms with Crippen LogP contribution in [0, 0.1) is 5.41 Å². The third-order valence-electron chi connectivity index (χ3n) is 3.77. The van der Waals surface area contributed by atoms with E-state index >= 15 is 0 Å². The number of alkyl halides is 1. The molecule has 0 nitrogen and oxygen atoms in total. The topological polar surface area (TPSA) is 0 Å². The second kappa shape index (κ2) is 5.65. The molecule has 0 aromatic heterocycles. The Balaban J connectivity index is 2.63. The van der Waals surface area contributed by atoms with Gasteiger partial charge in [-0.1, -0.05) is 61.2 Å². The van der Waals surface area contributed by atoms with Gasteiger partial charge in [0.25, 0.3) is 0 Å². The van der Waals surface area contributed by atoms with Gasteiger partial charge in [0.15, 0.2) is 0 Å². The standard InChI is InChI=1S/C16H18I2/c1-4-5-12-13-7-6-11(18)10-15(13)16(2,3)14(12)8-9-17/h4-5,8,10H,1,6-7,9H2,2-3H3/b12-5-,14-8+. The molecule has 2 aliphatic rings. The van der Waals surface area contributed by atoms with E-state index in [1.807, 2.05) is 6.08 Å². The maximum Gasteiger partial charge on any atom is 0.0182 e. The third-order valence-corrected chi connectivity index (χ3v) is 5.06. The Labute approximate surface area is 137 Å². The first-order chi connectivity index (χ1) is 8.52. The van der Waals surface area contributed by atoms with E-state index < -0.39 is 0 Å². The molecule has 2 aliphatic carbocycles. The van der Waals surface area contributed by atoms with Crippen LogP contribution in [0.2, 0.25) is 0 Å². The highest BCUT2D eigenvalue weighted by Gasteiger charge is 2.39. The highest BCUT2D eigenvalue weighted by Crippen LogP contribution is 2.54. The van der Waals surface area contributed by atoms with Gasteiger partial charge in [-0.3, -0.25) is 0 Å². The molecular formula is C16H18I2. The molecule has 0 radical (unpaired) electrons. The van der Waals surface area contributed by atoms with E-state index in [1.54, 1.807) is 0 Å². The lowest BCUT2D eigenvalue weighted by Gasteiger charge is -2.24. The molecule has 0 atom stereocenters. The van der Waals surface area contributed by atoms with Crippen LogP contribution in [-0.2, 0) is 0 Å². The molecule has 0 saturated carbocycles. The van der Waals surface area contributed by atoms with Crippen molar-refractivity contribution in [3.63, 3.8) is 0 Å². The molecule has 0 unspecified atom stereocenters. The van der Waals surface area contributed by atoms with Crippen molar-refractivity contribution in [1.29, 1.82) is 0 Å². The minimum atomic E-state index is 0.145. The van der Waals surface area contributed by atoms with Gasteiger partial charge in [0.2, 0.25) is 0 Å². The third kappa shape index (κ3) is 2.42. The van der Waals surface area contributed by atoms with Crippen LogP contribution in [0.15, 0.2) is 56.8 Å². The van der Waals surface area contributed by atoms with Gasteiger partial charge < -0.3 is 0 Å². The summed E-state index contributed by atoms with van der Waals surface area (Å²) in [5.41, 5.74) is 6.09. The maximum atomic E-state index is 3.87. The first-order valence-electron chi connectivity index (χ1n) is 6.22. The predicted molar refractivity (Wildman–Crippen MR) is 97.4 cm³/mol. The lowest BCUT2D eigenvalue weighted by Crippen LogP contribution is -2.13. The van der Waals surface area contributed by atoms with Gasteiger partial charge in [-0.25, -0.2) is 0 Å². The van der Waals surface area contributed by atoms with Crippen molar-refractivity contribution >= 4 is 45.2 Å². The second-order valence-electron chi connectivity index (χ2n) is 5.20. The van der Waals surface area contributed by atoms with Crippen LogP contribution in [0.3, 0.4) is 0 Å². The van der Waals surface area contributed by atoms with Crippen LogP contribution >= 0.6 is 45.2 Å². The minimum Gasteiger partial charge on any atom is -0.0990 e. The Morgan fingerprint density at radius 3 is 2.72 bits per heavy atom. The molecule has 18 heavy (non-hydrogen) atoms. The molecule has 96 valence electrons. The van der Waals surface area contributed by atoms with Crippen molar-refractivity contribution in [3.8, 4) is 0 Å². The summed E-state index contributed by atoms with van der Waals surface area (Å²) < 4.78 is 2.54. The fraction of sp³-hybridized carbons (Fsp3) is 0.375. The monoisotopic (exact) mass is 464 g/mol. The lowest BCUT2D eigenvalue weighted by molar-refractivity contribution is 0.575. The van der Waals surface area contributed by atoms with Gasteiger partial charge >= 0.3 is 0 Å². The Kier molecular flexibility index (Phi) is 4.57. The van der Waals surface area contributed by atoms with Crippen molar-refractivity contribution in [1.82, 2.24) is 0 Å². The van der Waals surface area contributed by atoms with Crippen LogP contribution in [0.25, 0.3) is 0 Å². The first kappa shape index (κ1) is 14.6. The Morgan fingerprint density at radius 1 is 1.39 bits per heavy atom. The number of hydrogen-bond acceptors (Lipinski definition) is 0. The van der Waals surface area contributed by atoms with Crippen LogP contribution in [0.1, 0.15) is 26.7 Å². The van der Waals surface area contributed by atoms with Crippen LogP contribution < -0.4 is 0 Å². The Hall–Kier alpha value is 0.160. The van der Waals surface area contributed by atoms with E-state index in [0.29, 0.717) is 0 Å². The molecule has 0 amide bonds. The Bertz CT molecular complexity index is 499. The Morgan fingerprint density at radius 2 is 2.11 bits per heavy atom. The molecule has 0 saturated heterocycles. The van der Waals surface area contributed by atoms with Gasteiger partial charge in [0, 0.05) is 9.84 Å². The normalized spacial score (nSPS) is 26.6. The average molecular weight is 464 g/mol. The molecule has 0 bridgehead atoms. The number of rotatable bonds is 2. The highest BCUT2D eigenvalue weighted by molar-refractivity contribution is 14.1. The fourth-order valence-corrected chi connectivity index (χ4v) is 3.95. The van der Waals surface area contributed by atoms with E-state index in [4.69, 9.17) is 0 Å². The average Bonchev–Trinajstić information content (AvgIpc) is 2.52. The maximum absolute atomic E-state index is 3.87. The fourth-order valence-electron chi connectivity index (χ4n) is 2.93. The quantitative estimate of drug-likeness (QED) is 0.352. The summed E-state index contributed by atoms with van der Waals surface area (Å²) >= 11 is 4.90. The molecule has 0 aliphatic heterocycles. The highest BCUT2D eigenvalue weighted by atomic mass is 127. The zero-order valence-corrected chi connectivity index (χ0v) is 15.2. The molecular weight excluding hydrogens is 446 g/mol. The smallest absolute Gasteiger partial charge is 0.0182 e. The zero-order valence-electron chi connectivity index (χ0n) is 10.9. The molecule has 0 aromatic rings. The second-order valence-corrected chi connectivity index (χ2v) is 7.46. The largest absolute Gasteiger partial charge is 0.0990 e. The van der Waals surface area contributed by atoms with E-state index in [-0.39, 0.29) is 5.41 Å². The van der Waals surface area contributed by atoms with Crippen LogP contribution in [-0.4, -0.2) is 4.43 Å². The van der Waals surface area contributed by atoms with Crippen molar-refractivity contribution in [2.45, 2.75) is 26.7 Å². The van der Waals surface area contributed by atoms with Gasteiger partial charge in [-0.2, -0.15) is 0 Å². The van der Waals surface area contributed by atoms with Crippen molar-refractivity contribution in [2.75, 3.05) is 4.43 Å². The minimum absolute atomic E-state index is 0.145. The van der Waals surface area contributed by atoms with Crippen molar-refractivity contribution < 1.29 is 0 Å². The summed E-state index contributed by atoms with van der Waals surface area (Å²) in [6.07, 6.45) is 11.2. The summed E-state index contributed by atoms with van der Waals surface area (Å²) in [6.45, 7) is 8.56. The molecule has 2 rings (SSSR count). The van der Waals surface area contributed by atoms with Crippen molar-refractivity contribution in [2.24, 2.45) is 5.41 Å². The van der Waals surface area contributed by atoms with Crippen LogP contribution in [0.5, 0.6) is 0 Å². The van der Waals surface area contributed by atoms with Gasteiger partial charge in [-0.05, 0) is 67.4 Å². The lowest BCUT2D eigenvalue weighted by atomic mass is 9.80. The summed E-state index contributed by atoms with van der Waals surface area (Å²) in [6, 6.07) is 0. The number of allylic oxidation sites excluding steroid dienone is 9. The summed E-state index contributed by atoms with van der Waals surface area (Å²) in [5, 5.41) is 0. The molecule has 0 fully saturated rings. The summed E-state index contributed by atoms with van der Waals surface area (Å²) in [5.74, 6) is 0. The summed E-state index contributed by atoms with van der Waals surface area (Å²) in [4.78, 5) is 0. The molecule has 0 spiro atoms. The van der Waals surface area contributed by atoms with E-state index in [0.717, 1.165) is 4.43 Å².